The highest BCUT2D eigenvalue weighted by molar-refractivity contribution is 7.89. The number of aliphatic hydroxyl groups excluding tert-OH is 1. The van der Waals surface area contributed by atoms with Gasteiger partial charge in [0.1, 0.15) is 0 Å². The summed E-state index contributed by atoms with van der Waals surface area (Å²) in [6.45, 7) is 0.413. The van der Waals surface area contributed by atoms with E-state index in [4.69, 9.17) is 5.11 Å². The van der Waals surface area contributed by atoms with Crippen molar-refractivity contribution in [3.8, 4) is 0 Å². The Bertz CT molecular complexity index is 948. The lowest BCUT2D eigenvalue weighted by molar-refractivity contribution is -0.138. The maximum atomic E-state index is 13.1. The van der Waals surface area contributed by atoms with E-state index >= 15 is 0 Å². The molecule has 160 valence electrons. The van der Waals surface area contributed by atoms with E-state index in [0.717, 1.165) is 6.07 Å². The fourth-order valence-electron chi connectivity index (χ4n) is 3.30. The summed E-state index contributed by atoms with van der Waals surface area (Å²) >= 11 is 0. The number of aromatic nitrogens is 3. The van der Waals surface area contributed by atoms with E-state index in [-0.39, 0.29) is 43.6 Å². The monoisotopic (exact) mass is 433 g/mol. The molecule has 1 saturated heterocycles. The number of halogens is 3. The number of sulfonamides is 1. The van der Waals surface area contributed by atoms with E-state index in [1.807, 2.05) is 0 Å². The van der Waals surface area contributed by atoms with Crippen LogP contribution in [0.1, 0.15) is 16.8 Å². The van der Waals surface area contributed by atoms with Crippen LogP contribution in [-0.2, 0) is 29.3 Å². The summed E-state index contributed by atoms with van der Waals surface area (Å²) in [6.07, 6.45) is -3.02. The van der Waals surface area contributed by atoms with E-state index in [9.17, 15) is 21.6 Å². The average Bonchev–Trinajstić information content (AvgIpc) is 3.19. The third-order valence-corrected chi connectivity index (χ3v) is 6.74. The van der Waals surface area contributed by atoms with Crippen LogP contribution >= 0.6 is 0 Å². The van der Waals surface area contributed by atoms with Crippen molar-refractivity contribution in [2.75, 3.05) is 32.5 Å². The Hall–Kier alpha value is -2.02. The number of hydrogen-bond acceptors (Lipinski definition) is 6. The van der Waals surface area contributed by atoms with Crippen molar-refractivity contribution in [3.63, 3.8) is 0 Å². The van der Waals surface area contributed by atoms with Gasteiger partial charge in [-0.25, -0.2) is 13.1 Å². The third-order valence-electron chi connectivity index (χ3n) is 4.87. The zero-order chi connectivity index (χ0) is 21.2. The van der Waals surface area contributed by atoms with Crippen LogP contribution in [-0.4, -0.2) is 76.3 Å². The molecule has 1 aliphatic heterocycles. The highest BCUT2D eigenvalue weighted by Gasteiger charge is 2.38. The first kappa shape index (κ1) is 21.7. The lowest BCUT2D eigenvalue weighted by atomic mass is 10.1. The number of aliphatic hydroxyl groups is 1. The molecule has 1 aromatic carbocycles. The quantitative estimate of drug-likeness (QED) is 0.694. The predicted octanol–water partition coefficient (Wildman–Crippen LogP) is 0.783. The van der Waals surface area contributed by atoms with Gasteiger partial charge in [0.05, 0.1) is 42.9 Å². The van der Waals surface area contributed by atoms with Gasteiger partial charge >= 0.3 is 6.18 Å². The van der Waals surface area contributed by atoms with Gasteiger partial charge in [-0.1, -0.05) is 23.4 Å². The largest absolute Gasteiger partial charge is 0.416 e. The molecule has 12 heteroatoms. The first-order valence-corrected chi connectivity index (χ1v) is 10.5. The minimum absolute atomic E-state index is 0.00723. The number of alkyl halides is 3. The molecule has 0 saturated carbocycles. The van der Waals surface area contributed by atoms with Crippen LogP contribution < -0.4 is 0 Å². The zero-order valence-electron chi connectivity index (χ0n) is 15.7. The van der Waals surface area contributed by atoms with Gasteiger partial charge in [-0.3, -0.25) is 4.90 Å². The summed E-state index contributed by atoms with van der Waals surface area (Å²) in [5, 5.41) is 16.8. The van der Waals surface area contributed by atoms with E-state index < -0.39 is 21.8 Å². The summed E-state index contributed by atoms with van der Waals surface area (Å²) < 4.78 is 66.7. The zero-order valence-corrected chi connectivity index (χ0v) is 16.6. The van der Waals surface area contributed by atoms with E-state index in [1.165, 1.54) is 33.4 Å². The fourth-order valence-corrected chi connectivity index (χ4v) is 5.08. The molecule has 1 unspecified atom stereocenters. The predicted molar refractivity (Wildman–Crippen MR) is 98.3 cm³/mol. The van der Waals surface area contributed by atoms with Gasteiger partial charge in [0.2, 0.25) is 10.0 Å². The topological polar surface area (TPSA) is 91.6 Å². The molecule has 3 rings (SSSR count). The van der Waals surface area contributed by atoms with Crippen LogP contribution in [0.3, 0.4) is 0 Å². The van der Waals surface area contributed by atoms with E-state index in [2.05, 4.69) is 10.3 Å². The molecule has 0 radical (unpaired) electrons. The second-order valence-electron chi connectivity index (χ2n) is 6.99. The van der Waals surface area contributed by atoms with Gasteiger partial charge in [-0.05, 0) is 18.7 Å². The highest BCUT2D eigenvalue weighted by Crippen LogP contribution is 2.32. The lowest BCUT2D eigenvalue weighted by Crippen LogP contribution is -2.37. The lowest BCUT2D eigenvalue weighted by Gasteiger charge is -2.21. The number of hydrogen-bond donors (Lipinski definition) is 1. The molecule has 0 amide bonds. The van der Waals surface area contributed by atoms with Crippen molar-refractivity contribution >= 4 is 10.0 Å². The SMILES string of the molecule is CN(CCO)C1CN(Cc2cn(Cc3ccccc3C(F)(F)F)nn2)S(=O)(=O)C1. The van der Waals surface area contributed by atoms with Crippen LogP contribution in [0, 0.1) is 0 Å². The molecule has 1 fully saturated rings. The van der Waals surface area contributed by atoms with Crippen molar-refractivity contribution in [2.24, 2.45) is 0 Å². The number of likely N-dealkylation sites (N-methyl/N-ethyl adjacent to an activating group) is 1. The Kier molecular flexibility index (Phi) is 6.27. The Morgan fingerprint density at radius 1 is 1.28 bits per heavy atom. The molecule has 2 aromatic rings. The summed E-state index contributed by atoms with van der Waals surface area (Å²) in [7, 11) is -1.74. The summed E-state index contributed by atoms with van der Waals surface area (Å²) in [4.78, 5) is 1.78. The summed E-state index contributed by atoms with van der Waals surface area (Å²) in [5.41, 5.74) is -0.339. The van der Waals surface area contributed by atoms with Gasteiger partial charge in [-0.15, -0.1) is 5.10 Å². The molecule has 1 atom stereocenters. The van der Waals surface area contributed by atoms with Gasteiger partial charge in [0.25, 0.3) is 0 Å². The molecule has 29 heavy (non-hydrogen) atoms. The molecule has 0 spiro atoms. The second-order valence-corrected chi connectivity index (χ2v) is 9.01. The van der Waals surface area contributed by atoms with Gasteiger partial charge in [0, 0.05) is 19.1 Å². The Morgan fingerprint density at radius 2 is 2.00 bits per heavy atom. The molecule has 1 aromatic heterocycles. The summed E-state index contributed by atoms with van der Waals surface area (Å²) in [6, 6.07) is 4.97. The van der Waals surface area contributed by atoms with E-state index in [0.29, 0.717) is 12.2 Å². The first-order chi connectivity index (χ1) is 13.6. The van der Waals surface area contributed by atoms with Crippen molar-refractivity contribution in [1.29, 1.82) is 0 Å². The molecule has 1 N–H and O–H groups in total. The van der Waals surface area contributed by atoms with Crippen LogP contribution in [0.25, 0.3) is 0 Å². The molecule has 0 bridgehead atoms. The highest BCUT2D eigenvalue weighted by atomic mass is 32.2. The average molecular weight is 433 g/mol. The van der Waals surface area contributed by atoms with E-state index in [1.54, 1.807) is 11.9 Å². The van der Waals surface area contributed by atoms with Gasteiger partial charge < -0.3 is 5.11 Å². The number of rotatable bonds is 7. The molecule has 8 nitrogen and oxygen atoms in total. The van der Waals surface area contributed by atoms with Crippen molar-refractivity contribution in [2.45, 2.75) is 25.3 Å². The van der Waals surface area contributed by atoms with Crippen LogP contribution in [0.15, 0.2) is 30.5 Å². The Balaban J connectivity index is 1.70. The van der Waals surface area contributed by atoms with Crippen LogP contribution in [0.2, 0.25) is 0 Å². The van der Waals surface area contributed by atoms with Crippen LogP contribution in [0.4, 0.5) is 13.2 Å². The first-order valence-electron chi connectivity index (χ1n) is 8.93. The van der Waals surface area contributed by atoms with Crippen LogP contribution in [0.5, 0.6) is 0 Å². The Labute approximate surface area is 166 Å². The molecule has 1 aliphatic rings. The Morgan fingerprint density at radius 3 is 2.69 bits per heavy atom. The molecule has 0 aliphatic carbocycles. The fraction of sp³-hybridized carbons (Fsp3) is 0.529. The minimum atomic E-state index is -4.47. The van der Waals surface area contributed by atoms with Gasteiger partial charge in [-0.2, -0.15) is 17.5 Å². The van der Waals surface area contributed by atoms with Crippen molar-refractivity contribution in [1.82, 2.24) is 24.2 Å². The van der Waals surface area contributed by atoms with Gasteiger partial charge in [0.15, 0.2) is 0 Å². The molecular formula is C17H22F3N5O3S. The standard InChI is InChI=1S/C17H22F3N5O3S/c1-23(6-7-26)15-11-25(29(27,28)12-15)10-14-9-24(22-21-14)8-13-4-2-3-5-16(13)17(18,19)20/h2-5,9,15,26H,6-8,10-12H2,1H3. The number of nitrogens with zero attached hydrogens (tertiary/aromatic N) is 5. The number of benzene rings is 1. The normalized spacial score (nSPS) is 19.9. The third kappa shape index (κ3) is 5.13. The molecule has 2 heterocycles. The second kappa shape index (κ2) is 8.38. The van der Waals surface area contributed by atoms with Crippen molar-refractivity contribution < 1.29 is 26.7 Å². The maximum absolute atomic E-state index is 13.1. The minimum Gasteiger partial charge on any atom is -0.395 e. The molecular weight excluding hydrogens is 411 g/mol. The van der Waals surface area contributed by atoms with Crippen molar-refractivity contribution in [3.05, 3.63) is 47.3 Å². The maximum Gasteiger partial charge on any atom is 0.416 e. The smallest absolute Gasteiger partial charge is 0.395 e. The summed E-state index contributed by atoms with van der Waals surface area (Å²) in [5.74, 6) is -0.0589.